The smallest absolute Gasteiger partial charge is 0.259 e. The second-order valence-corrected chi connectivity index (χ2v) is 9.22. The molecule has 0 N–H and O–H groups in total. The van der Waals surface area contributed by atoms with E-state index in [0.717, 1.165) is 17.8 Å². The molecule has 0 unspecified atom stereocenters. The predicted octanol–water partition coefficient (Wildman–Crippen LogP) is 4.27. The number of sulfone groups is 1. The molecule has 2 aromatic carbocycles. The van der Waals surface area contributed by atoms with Gasteiger partial charge in [-0.2, -0.15) is 4.98 Å². The molecular weight excluding hydrogens is 386 g/mol. The average Bonchev–Trinajstić information content (AvgIpc) is 3.30. The molecule has 0 bridgehead atoms. The van der Waals surface area contributed by atoms with Gasteiger partial charge in [0.05, 0.1) is 10.5 Å². The van der Waals surface area contributed by atoms with Gasteiger partial charge in [-0.3, -0.25) is 0 Å². The lowest BCUT2D eigenvalue weighted by Crippen LogP contribution is -1.99. The first kappa shape index (κ1) is 19.1. The van der Waals surface area contributed by atoms with Crippen LogP contribution >= 0.6 is 0 Å². The number of aryl methyl sites for hydroxylation is 2. The minimum atomic E-state index is -3.24. The van der Waals surface area contributed by atoms with E-state index in [1.807, 2.05) is 19.2 Å². The highest BCUT2D eigenvalue weighted by molar-refractivity contribution is 7.90. The summed E-state index contributed by atoms with van der Waals surface area (Å²) >= 11 is 0. The first-order valence-corrected chi connectivity index (χ1v) is 11.1. The van der Waals surface area contributed by atoms with Gasteiger partial charge in [-0.25, -0.2) is 8.42 Å². The minimum Gasteiger partial charge on any atom is -0.347 e. The van der Waals surface area contributed by atoms with Crippen LogP contribution in [-0.2, 0) is 16.4 Å². The summed E-state index contributed by atoms with van der Waals surface area (Å²) in [6.45, 7) is 4.88. The molecule has 4 aromatic rings. The molecule has 0 aliphatic heterocycles. The van der Waals surface area contributed by atoms with Crippen LogP contribution in [0.5, 0.6) is 0 Å². The maximum Gasteiger partial charge on any atom is 0.259 e. The molecule has 0 aliphatic rings. The lowest BCUT2D eigenvalue weighted by molar-refractivity contribution is 0.432. The van der Waals surface area contributed by atoms with Gasteiger partial charge >= 0.3 is 0 Å². The molecule has 7 heteroatoms. The number of benzene rings is 2. The third-order valence-electron chi connectivity index (χ3n) is 4.80. The van der Waals surface area contributed by atoms with Gasteiger partial charge in [0.2, 0.25) is 5.82 Å². The summed E-state index contributed by atoms with van der Waals surface area (Å²) in [6, 6.07) is 16.9. The van der Waals surface area contributed by atoms with E-state index in [-0.39, 0.29) is 4.90 Å². The van der Waals surface area contributed by atoms with Crippen LogP contribution < -0.4 is 0 Å². The molecule has 0 saturated heterocycles. The summed E-state index contributed by atoms with van der Waals surface area (Å²) < 4.78 is 30.8. The molecular formula is C22H21N3O3S. The fourth-order valence-corrected chi connectivity index (χ4v) is 3.73. The van der Waals surface area contributed by atoms with Crippen LogP contribution in [0, 0.1) is 13.8 Å². The summed E-state index contributed by atoms with van der Waals surface area (Å²) in [5.41, 5.74) is 5.10. The largest absolute Gasteiger partial charge is 0.347 e. The molecule has 0 atom stereocenters. The standard InChI is InChI=1S/C22H21N3O3S/c1-15-4-6-17(7-5-15)13-25-14-19(12-16(25)2)22-23-21(24-28-22)18-8-10-20(11-9-18)29(3,26)27/h4-12,14H,13H2,1-3H3. The normalized spacial score (nSPS) is 11.7. The second-order valence-electron chi connectivity index (χ2n) is 7.20. The zero-order valence-electron chi connectivity index (χ0n) is 16.5. The zero-order valence-corrected chi connectivity index (χ0v) is 17.3. The number of hydrogen-bond donors (Lipinski definition) is 0. The van der Waals surface area contributed by atoms with Gasteiger partial charge < -0.3 is 9.09 Å². The highest BCUT2D eigenvalue weighted by atomic mass is 32.2. The molecule has 6 nitrogen and oxygen atoms in total. The van der Waals surface area contributed by atoms with E-state index < -0.39 is 9.84 Å². The Hall–Kier alpha value is -3.19. The Morgan fingerprint density at radius 3 is 2.31 bits per heavy atom. The van der Waals surface area contributed by atoms with Crippen molar-refractivity contribution in [3.05, 3.63) is 77.6 Å². The minimum absolute atomic E-state index is 0.258. The van der Waals surface area contributed by atoms with E-state index in [1.54, 1.807) is 24.3 Å². The van der Waals surface area contributed by atoms with E-state index >= 15 is 0 Å². The van der Waals surface area contributed by atoms with Crippen LogP contribution in [0.25, 0.3) is 22.8 Å². The van der Waals surface area contributed by atoms with Crippen molar-refractivity contribution in [3.8, 4) is 22.8 Å². The number of rotatable bonds is 5. The van der Waals surface area contributed by atoms with E-state index in [2.05, 4.69) is 45.9 Å². The van der Waals surface area contributed by atoms with Crippen LogP contribution in [0.4, 0.5) is 0 Å². The lowest BCUT2D eigenvalue weighted by Gasteiger charge is -2.06. The number of aromatic nitrogens is 3. The van der Waals surface area contributed by atoms with Crippen molar-refractivity contribution >= 4 is 9.84 Å². The van der Waals surface area contributed by atoms with Crippen LogP contribution in [-0.4, -0.2) is 29.4 Å². The quantitative estimate of drug-likeness (QED) is 0.494. The topological polar surface area (TPSA) is 78.0 Å². The van der Waals surface area contributed by atoms with E-state index in [0.29, 0.717) is 17.3 Å². The van der Waals surface area contributed by atoms with Crippen molar-refractivity contribution in [2.75, 3.05) is 6.26 Å². The summed E-state index contributed by atoms with van der Waals surface area (Å²) in [6.07, 6.45) is 3.18. The molecule has 29 heavy (non-hydrogen) atoms. The predicted molar refractivity (Wildman–Crippen MR) is 111 cm³/mol. The first-order chi connectivity index (χ1) is 13.8. The molecule has 0 aliphatic carbocycles. The summed E-state index contributed by atoms with van der Waals surface area (Å²) in [4.78, 5) is 4.73. The van der Waals surface area contributed by atoms with E-state index in [9.17, 15) is 8.42 Å². The van der Waals surface area contributed by atoms with Gasteiger partial charge in [-0.15, -0.1) is 0 Å². The summed E-state index contributed by atoms with van der Waals surface area (Å²) in [7, 11) is -3.24. The molecule has 0 radical (unpaired) electrons. The Morgan fingerprint density at radius 1 is 0.966 bits per heavy atom. The lowest BCUT2D eigenvalue weighted by atomic mass is 10.1. The number of nitrogens with zero attached hydrogens (tertiary/aromatic N) is 3. The van der Waals surface area contributed by atoms with Crippen molar-refractivity contribution in [2.24, 2.45) is 0 Å². The zero-order chi connectivity index (χ0) is 20.6. The molecule has 0 saturated carbocycles. The van der Waals surface area contributed by atoms with Crippen molar-refractivity contribution in [1.29, 1.82) is 0 Å². The van der Waals surface area contributed by atoms with Crippen molar-refractivity contribution in [1.82, 2.24) is 14.7 Å². The third kappa shape index (κ3) is 4.14. The van der Waals surface area contributed by atoms with Gasteiger partial charge in [0.15, 0.2) is 9.84 Å². The van der Waals surface area contributed by atoms with Gasteiger partial charge in [-0.05, 0) is 49.7 Å². The Balaban J connectivity index is 1.57. The average molecular weight is 407 g/mol. The molecule has 0 fully saturated rings. The molecule has 4 rings (SSSR count). The van der Waals surface area contributed by atoms with Gasteiger partial charge in [0.25, 0.3) is 5.89 Å². The fraction of sp³-hybridized carbons (Fsp3) is 0.182. The monoisotopic (exact) mass is 407 g/mol. The molecule has 2 heterocycles. The van der Waals surface area contributed by atoms with Gasteiger partial charge in [0, 0.05) is 30.3 Å². The molecule has 2 aromatic heterocycles. The van der Waals surface area contributed by atoms with Crippen molar-refractivity contribution in [2.45, 2.75) is 25.3 Å². The first-order valence-electron chi connectivity index (χ1n) is 9.16. The Morgan fingerprint density at radius 2 is 1.66 bits per heavy atom. The Bertz CT molecular complexity index is 1250. The van der Waals surface area contributed by atoms with Crippen molar-refractivity contribution < 1.29 is 12.9 Å². The summed E-state index contributed by atoms with van der Waals surface area (Å²) in [5, 5.41) is 4.04. The second kappa shape index (κ2) is 7.33. The fourth-order valence-electron chi connectivity index (χ4n) is 3.10. The van der Waals surface area contributed by atoms with E-state index in [4.69, 9.17) is 4.52 Å². The maximum atomic E-state index is 11.6. The SMILES string of the molecule is Cc1ccc(Cn2cc(-c3nc(-c4ccc(S(C)(=O)=O)cc4)no3)cc2C)cc1. The highest BCUT2D eigenvalue weighted by Crippen LogP contribution is 2.25. The van der Waals surface area contributed by atoms with Crippen molar-refractivity contribution in [3.63, 3.8) is 0 Å². The highest BCUT2D eigenvalue weighted by Gasteiger charge is 2.14. The Kier molecular flexibility index (Phi) is 4.84. The number of hydrogen-bond acceptors (Lipinski definition) is 5. The summed E-state index contributed by atoms with van der Waals surface area (Å²) in [5.74, 6) is 0.849. The van der Waals surface area contributed by atoms with Gasteiger partial charge in [-0.1, -0.05) is 35.0 Å². The van der Waals surface area contributed by atoms with E-state index in [1.165, 1.54) is 17.4 Å². The molecule has 0 spiro atoms. The van der Waals surface area contributed by atoms with Crippen LogP contribution in [0.2, 0.25) is 0 Å². The maximum absolute atomic E-state index is 11.6. The Labute approximate surface area is 169 Å². The molecule has 148 valence electrons. The third-order valence-corrected chi connectivity index (χ3v) is 5.93. The van der Waals surface area contributed by atoms with Crippen LogP contribution in [0.1, 0.15) is 16.8 Å². The van der Waals surface area contributed by atoms with Crippen LogP contribution in [0.3, 0.4) is 0 Å². The molecule has 0 amide bonds. The van der Waals surface area contributed by atoms with Gasteiger partial charge in [0.1, 0.15) is 0 Å². The van der Waals surface area contributed by atoms with Crippen LogP contribution in [0.15, 0.2) is 70.2 Å².